The molecule has 6 nitrogen and oxygen atoms in total. The van der Waals surface area contributed by atoms with Crippen LogP contribution in [0.1, 0.15) is 11.1 Å². The highest BCUT2D eigenvalue weighted by Gasteiger charge is 2.35. The van der Waals surface area contributed by atoms with Crippen LogP contribution < -0.4 is 9.80 Å². The Morgan fingerprint density at radius 2 is 1.29 bits per heavy atom. The van der Waals surface area contributed by atoms with Gasteiger partial charge in [-0.15, -0.1) is 0 Å². The van der Waals surface area contributed by atoms with Gasteiger partial charge in [-0.25, -0.2) is 9.59 Å². The number of rotatable bonds is 4. The second-order valence-corrected chi connectivity index (χ2v) is 6.75. The number of aryl methyl sites for hydroxylation is 2. The molecule has 0 bridgehead atoms. The molecule has 0 atom stereocenters. The average Bonchev–Trinajstić information content (AvgIpc) is 2.72. The molecule has 6 heteroatoms. The summed E-state index contributed by atoms with van der Waals surface area (Å²) in [5.74, 6) is -1.11. The lowest BCUT2D eigenvalue weighted by Gasteiger charge is -2.39. The summed E-state index contributed by atoms with van der Waals surface area (Å²) in [4.78, 5) is 28.9. The molecule has 0 N–H and O–H groups in total. The standard InChI is InChI=1S/C22H24N2O4/c1-15-5-9-17(10-6-15)23-13-19(21(25)27-3)20(22(26)28-4)24(14-23)18-11-7-16(2)8-12-18/h5-12H,13-14H2,1-4H3. The van der Waals surface area contributed by atoms with Gasteiger partial charge in [0.05, 0.1) is 33.0 Å². The molecule has 0 unspecified atom stereocenters. The van der Waals surface area contributed by atoms with Crippen LogP contribution in [-0.2, 0) is 19.1 Å². The summed E-state index contributed by atoms with van der Waals surface area (Å²) in [5, 5.41) is 0. The minimum absolute atomic E-state index is 0.210. The monoisotopic (exact) mass is 380 g/mol. The molecule has 0 spiro atoms. The molecule has 0 saturated heterocycles. The van der Waals surface area contributed by atoms with E-state index in [-0.39, 0.29) is 17.8 Å². The van der Waals surface area contributed by atoms with Gasteiger partial charge in [0.15, 0.2) is 0 Å². The quantitative estimate of drug-likeness (QED) is 0.760. The van der Waals surface area contributed by atoms with Crippen LogP contribution in [0.3, 0.4) is 0 Å². The van der Waals surface area contributed by atoms with E-state index in [2.05, 4.69) is 0 Å². The van der Waals surface area contributed by atoms with Gasteiger partial charge in [0, 0.05) is 11.4 Å². The van der Waals surface area contributed by atoms with Crippen molar-refractivity contribution in [1.82, 2.24) is 0 Å². The van der Waals surface area contributed by atoms with Crippen molar-refractivity contribution in [3.05, 3.63) is 70.9 Å². The Hall–Kier alpha value is -3.28. The van der Waals surface area contributed by atoms with Crippen LogP contribution in [0.2, 0.25) is 0 Å². The maximum absolute atomic E-state index is 12.6. The molecule has 0 aliphatic carbocycles. The van der Waals surface area contributed by atoms with E-state index in [4.69, 9.17) is 9.47 Å². The summed E-state index contributed by atoms with van der Waals surface area (Å²) in [7, 11) is 2.62. The fraction of sp³-hybridized carbons (Fsp3) is 0.273. The molecule has 0 aromatic heterocycles. The molecule has 0 fully saturated rings. The van der Waals surface area contributed by atoms with Gasteiger partial charge in [-0.3, -0.25) is 0 Å². The van der Waals surface area contributed by atoms with Crippen molar-refractivity contribution in [1.29, 1.82) is 0 Å². The molecule has 1 aliphatic rings. The number of anilines is 2. The lowest BCUT2D eigenvalue weighted by atomic mass is 10.1. The summed E-state index contributed by atoms with van der Waals surface area (Å²) < 4.78 is 9.95. The van der Waals surface area contributed by atoms with E-state index in [1.807, 2.05) is 67.3 Å². The van der Waals surface area contributed by atoms with Crippen LogP contribution in [0.15, 0.2) is 59.8 Å². The fourth-order valence-corrected chi connectivity index (χ4v) is 3.20. The Bertz CT molecular complexity index is 901. The van der Waals surface area contributed by atoms with Crippen LogP contribution >= 0.6 is 0 Å². The smallest absolute Gasteiger partial charge is 0.355 e. The third-order valence-electron chi connectivity index (χ3n) is 4.77. The second kappa shape index (κ2) is 8.17. The zero-order chi connectivity index (χ0) is 20.3. The van der Waals surface area contributed by atoms with Crippen molar-refractivity contribution in [2.45, 2.75) is 13.8 Å². The van der Waals surface area contributed by atoms with E-state index in [1.165, 1.54) is 14.2 Å². The molecule has 146 valence electrons. The molecule has 2 aromatic carbocycles. The number of hydrogen-bond acceptors (Lipinski definition) is 6. The Balaban J connectivity index is 2.13. The number of ether oxygens (including phenoxy) is 2. The number of methoxy groups -OCH3 is 2. The molecular weight excluding hydrogens is 356 g/mol. The van der Waals surface area contributed by atoms with Crippen molar-refractivity contribution in [3.63, 3.8) is 0 Å². The van der Waals surface area contributed by atoms with E-state index >= 15 is 0 Å². The summed E-state index contributed by atoms with van der Waals surface area (Å²) in [6.45, 7) is 4.67. The fourth-order valence-electron chi connectivity index (χ4n) is 3.20. The Kier molecular flexibility index (Phi) is 5.68. The van der Waals surface area contributed by atoms with Gasteiger partial charge in [0.2, 0.25) is 0 Å². The van der Waals surface area contributed by atoms with Crippen molar-refractivity contribution in [3.8, 4) is 0 Å². The van der Waals surface area contributed by atoms with Crippen molar-refractivity contribution < 1.29 is 19.1 Å². The van der Waals surface area contributed by atoms with Crippen LogP contribution in [0.25, 0.3) is 0 Å². The Morgan fingerprint density at radius 3 is 1.79 bits per heavy atom. The molecular formula is C22H24N2O4. The second-order valence-electron chi connectivity index (χ2n) is 6.75. The Labute approximate surface area is 165 Å². The van der Waals surface area contributed by atoms with E-state index in [0.717, 1.165) is 22.5 Å². The first kappa shape index (κ1) is 19.5. The maximum Gasteiger partial charge on any atom is 0.355 e. The van der Waals surface area contributed by atoms with Gasteiger partial charge >= 0.3 is 11.9 Å². The molecule has 0 amide bonds. The van der Waals surface area contributed by atoms with Gasteiger partial charge in [-0.2, -0.15) is 0 Å². The normalized spacial score (nSPS) is 14.1. The molecule has 1 aliphatic heterocycles. The topological polar surface area (TPSA) is 59.1 Å². The number of carbonyl (C=O) groups excluding carboxylic acids is 2. The molecule has 3 rings (SSSR count). The van der Waals surface area contributed by atoms with Gasteiger partial charge < -0.3 is 19.3 Å². The summed E-state index contributed by atoms with van der Waals surface area (Å²) in [6, 6.07) is 15.8. The van der Waals surface area contributed by atoms with E-state index < -0.39 is 11.9 Å². The number of carbonyl (C=O) groups is 2. The summed E-state index contributed by atoms with van der Waals surface area (Å²) >= 11 is 0. The van der Waals surface area contributed by atoms with Crippen molar-refractivity contribution in [2.75, 3.05) is 37.2 Å². The predicted molar refractivity (Wildman–Crippen MR) is 108 cm³/mol. The van der Waals surface area contributed by atoms with Crippen LogP contribution in [0.4, 0.5) is 11.4 Å². The van der Waals surface area contributed by atoms with Crippen molar-refractivity contribution >= 4 is 23.3 Å². The first-order valence-electron chi connectivity index (χ1n) is 9.00. The first-order valence-corrected chi connectivity index (χ1v) is 9.00. The molecule has 2 aromatic rings. The highest BCUT2D eigenvalue weighted by Crippen LogP contribution is 2.30. The van der Waals surface area contributed by atoms with Gasteiger partial charge in [-0.1, -0.05) is 35.4 Å². The highest BCUT2D eigenvalue weighted by atomic mass is 16.5. The third kappa shape index (κ3) is 3.86. The van der Waals surface area contributed by atoms with E-state index in [0.29, 0.717) is 6.67 Å². The average molecular weight is 380 g/mol. The SMILES string of the molecule is COC(=O)C1=C(C(=O)OC)N(c2ccc(C)cc2)CN(c2ccc(C)cc2)C1. The number of hydrogen-bond donors (Lipinski definition) is 0. The largest absolute Gasteiger partial charge is 0.466 e. The van der Waals surface area contributed by atoms with Gasteiger partial charge in [-0.05, 0) is 38.1 Å². The minimum atomic E-state index is -0.565. The molecule has 1 heterocycles. The van der Waals surface area contributed by atoms with E-state index in [1.54, 1.807) is 4.90 Å². The Morgan fingerprint density at radius 1 is 0.786 bits per heavy atom. The van der Waals surface area contributed by atoms with Crippen LogP contribution in [0.5, 0.6) is 0 Å². The molecule has 0 radical (unpaired) electrons. The zero-order valence-corrected chi connectivity index (χ0v) is 16.6. The number of benzene rings is 2. The zero-order valence-electron chi connectivity index (χ0n) is 16.6. The van der Waals surface area contributed by atoms with E-state index in [9.17, 15) is 9.59 Å². The summed E-state index contributed by atoms with van der Waals surface area (Å²) in [6.07, 6.45) is 0. The van der Waals surface area contributed by atoms with Crippen LogP contribution in [-0.4, -0.2) is 39.4 Å². The summed E-state index contributed by atoms with van der Waals surface area (Å²) in [5.41, 5.74) is 4.48. The first-order chi connectivity index (χ1) is 13.4. The van der Waals surface area contributed by atoms with Crippen LogP contribution in [0, 0.1) is 13.8 Å². The predicted octanol–water partition coefficient (Wildman–Crippen LogP) is 3.19. The van der Waals surface area contributed by atoms with Gasteiger partial charge in [0.1, 0.15) is 5.70 Å². The minimum Gasteiger partial charge on any atom is -0.466 e. The van der Waals surface area contributed by atoms with Gasteiger partial charge in [0.25, 0.3) is 0 Å². The van der Waals surface area contributed by atoms with Crippen molar-refractivity contribution in [2.24, 2.45) is 0 Å². The lowest BCUT2D eigenvalue weighted by Crippen LogP contribution is -2.48. The number of esters is 2. The maximum atomic E-state index is 12.6. The highest BCUT2D eigenvalue weighted by molar-refractivity contribution is 6.04. The number of nitrogens with zero attached hydrogens (tertiary/aromatic N) is 2. The third-order valence-corrected chi connectivity index (χ3v) is 4.77. The molecule has 28 heavy (non-hydrogen) atoms. The molecule has 0 saturated carbocycles. The lowest BCUT2D eigenvalue weighted by molar-refractivity contribution is -0.139.